The van der Waals surface area contributed by atoms with Crippen LogP contribution < -0.4 is 0 Å². The predicted molar refractivity (Wildman–Crippen MR) is 64.3 cm³/mol. The lowest BCUT2D eigenvalue weighted by Crippen LogP contribution is -2.20. The average molecular weight is 333 g/mol. The monoisotopic (exact) mass is 331 g/mol. The molecule has 0 amide bonds. The van der Waals surface area contributed by atoms with Gasteiger partial charge in [-0.15, -0.1) is 11.6 Å². The van der Waals surface area contributed by atoms with Crippen LogP contribution in [0.15, 0.2) is 21.8 Å². The summed E-state index contributed by atoms with van der Waals surface area (Å²) in [6.45, 7) is 1.52. The second-order valence-electron chi connectivity index (χ2n) is 2.95. The van der Waals surface area contributed by atoms with E-state index in [1.807, 2.05) is 0 Å². The van der Waals surface area contributed by atoms with Crippen LogP contribution in [0.5, 0.6) is 0 Å². The molecular formula is C8H8BrCl2NO2S. The van der Waals surface area contributed by atoms with Crippen LogP contribution in [0.3, 0.4) is 0 Å². The number of rotatable bonds is 3. The molecule has 1 aromatic rings. The van der Waals surface area contributed by atoms with Gasteiger partial charge >= 0.3 is 0 Å². The Bertz CT molecular complexity index is 464. The molecule has 0 spiro atoms. The van der Waals surface area contributed by atoms with Gasteiger partial charge in [-0.2, -0.15) is 0 Å². The quantitative estimate of drug-likeness (QED) is 0.799. The third kappa shape index (κ3) is 2.84. The number of hydrogen-bond acceptors (Lipinski definition) is 3. The van der Waals surface area contributed by atoms with Gasteiger partial charge in [0.25, 0.3) is 0 Å². The van der Waals surface area contributed by atoms with Gasteiger partial charge in [0.15, 0.2) is 5.03 Å². The number of nitrogens with zero attached hydrogens (tertiary/aromatic N) is 1. The molecule has 0 aromatic carbocycles. The number of hydrogen-bond donors (Lipinski definition) is 0. The van der Waals surface area contributed by atoms with Crippen LogP contribution in [0.1, 0.15) is 6.92 Å². The van der Waals surface area contributed by atoms with E-state index in [9.17, 15) is 8.42 Å². The maximum Gasteiger partial charge on any atom is 0.200 e. The second kappa shape index (κ2) is 4.99. The largest absolute Gasteiger partial charge is 0.242 e. The summed E-state index contributed by atoms with van der Waals surface area (Å²) in [4.78, 5) is 3.79. The highest BCUT2D eigenvalue weighted by molar-refractivity contribution is 9.10. The Kier molecular flexibility index (Phi) is 4.40. The lowest BCUT2D eigenvalue weighted by Gasteiger charge is -2.10. The fourth-order valence-corrected chi connectivity index (χ4v) is 3.41. The first-order chi connectivity index (χ1) is 6.89. The van der Waals surface area contributed by atoms with Crippen molar-refractivity contribution < 1.29 is 8.42 Å². The Morgan fingerprint density at radius 2 is 2.20 bits per heavy atom. The van der Waals surface area contributed by atoms with E-state index in [2.05, 4.69) is 20.9 Å². The molecule has 15 heavy (non-hydrogen) atoms. The van der Waals surface area contributed by atoms with Crippen LogP contribution in [0, 0.1) is 0 Å². The van der Waals surface area contributed by atoms with Crippen molar-refractivity contribution in [2.24, 2.45) is 0 Å². The molecule has 0 aliphatic rings. The Morgan fingerprint density at radius 3 is 2.67 bits per heavy atom. The molecule has 1 heterocycles. The van der Waals surface area contributed by atoms with Gasteiger partial charge in [0.05, 0.1) is 10.3 Å². The van der Waals surface area contributed by atoms with Crippen LogP contribution in [0.4, 0.5) is 0 Å². The van der Waals surface area contributed by atoms with E-state index in [0.717, 1.165) is 0 Å². The first kappa shape index (κ1) is 13.2. The Hall–Kier alpha value is 0.160. The minimum absolute atomic E-state index is 0.0103. The molecule has 1 unspecified atom stereocenters. The molecule has 0 N–H and O–H groups in total. The molecular weight excluding hydrogens is 325 g/mol. The van der Waals surface area contributed by atoms with Crippen LogP contribution in [-0.2, 0) is 9.84 Å². The van der Waals surface area contributed by atoms with E-state index < -0.39 is 15.1 Å². The molecule has 0 fully saturated rings. The summed E-state index contributed by atoms with van der Waals surface area (Å²) in [5.41, 5.74) is 0. The normalized spacial score (nSPS) is 13.9. The lowest BCUT2D eigenvalue weighted by molar-refractivity contribution is 0.584. The molecule has 0 aliphatic carbocycles. The van der Waals surface area contributed by atoms with E-state index in [1.54, 1.807) is 0 Å². The molecule has 1 aromatic heterocycles. The van der Waals surface area contributed by atoms with E-state index in [4.69, 9.17) is 23.2 Å². The summed E-state index contributed by atoms with van der Waals surface area (Å²) >= 11 is 14.5. The van der Waals surface area contributed by atoms with Crippen LogP contribution >= 0.6 is 39.1 Å². The van der Waals surface area contributed by atoms with Crippen LogP contribution in [-0.4, -0.2) is 24.5 Å². The van der Waals surface area contributed by atoms with E-state index >= 15 is 0 Å². The van der Waals surface area contributed by atoms with Crippen molar-refractivity contribution >= 4 is 49.0 Å². The van der Waals surface area contributed by atoms with Gasteiger partial charge in [-0.05, 0) is 28.9 Å². The fraction of sp³-hybridized carbons (Fsp3) is 0.375. The standard InChI is InChI=1S/C8H8BrCl2NO2S/c1-5(3-10)15(13,14)8-7(11)2-6(9)4-12-8/h2,4-5H,3H2,1H3. The third-order valence-electron chi connectivity index (χ3n) is 1.79. The van der Waals surface area contributed by atoms with Crippen molar-refractivity contribution in [2.75, 3.05) is 5.88 Å². The van der Waals surface area contributed by atoms with Gasteiger partial charge in [0, 0.05) is 16.5 Å². The van der Waals surface area contributed by atoms with Crippen molar-refractivity contribution in [3.63, 3.8) is 0 Å². The smallest absolute Gasteiger partial charge is 0.200 e. The Labute approximate surface area is 107 Å². The van der Waals surface area contributed by atoms with Crippen molar-refractivity contribution in [3.05, 3.63) is 21.8 Å². The zero-order valence-corrected chi connectivity index (χ0v) is 11.7. The number of aromatic nitrogens is 1. The summed E-state index contributed by atoms with van der Waals surface area (Å²) in [6.07, 6.45) is 1.39. The Morgan fingerprint density at radius 1 is 1.60 bits per heavy atom. The molecule has 0 saturated carbocycles. The van der Waals surface area contributed by atoms with Crippen LogP contribution in [0.2, 0.25) is 5.02 Å². The molecule has 1 atom stereocenters. The molecule has 1 rings (SSSR count). The highest BCUT2D eigenvalue weighted by atomic mass is 79.9. The summed E-state index contributed by atoms with van der Waals surface area (Å²) in [5.74, 6) is 0.0103. The SMILES string of the molecule is CC(CCl)S(=O)(=O)c1ncc(Br)cc1Cl. The number of alkyl halides is 1. The molecule has 7 heteroatoms. The minimum atomic E-state index is -3.53. The molecule has 0 saturated heterocycles. The topological polar surface area (TPSA) is 47.0 Å². The van der Waals surface area contributed by atoms with E-state index in [0.29, 0.717) is 4.47 Å². The summed E-state index contributed by atoms with van der Waals surface area (Å²) in [6, 6.07) is 1.49. The fourth-order valence-electron chi connectivity index (χ4n) is 0.885. The molecule has 3 nitrogen and oxygen atoms in total. The Balaban J connectivity index is 3.28. The highest BCUT2D eigenvalue weighted by Crippen LogP contribution is 2.25. The third-order valence-corrected chi connectivity index (χ3v) is 5.36. The van der Waals surface area contributed by atoms with Gasteiger partial charge in [-0.1, -0.05) is 11.6 Å². The summed E-state index contributed by atoms with van der Waals surface area (Å²) in [5, 5.41) is -0.729. The summed E-state index contributed by atoms with van der Waals surface area (Å²) in [7, 11) is -3.53. The van der Waals surface area contributed by atoms with Crippen molar-refractivity contribution in [1.82, 2.24) is 4.98 Å². The molecule has 0 radical (unpaired) electrons. The van der Waals surface area contributed by atoms with Crippen LogP contribution in [0.25, 0.3) is 0 Å². The molecule has 0 aliphatic heterocycles. The first-order valence-corrected chi connectivity index (χ1v) is 7.25. The minimum Gasteiger partial charge on any atom is -0.242 e. The number of halogens is 3. The highest BCUT2D eigenvalue weighted by Gasteiger charge is 2.26. The second-order valence-corrected chi connectivity index (χ2v) is 6.86. The maximum atomic E-state index is 11.8. The maximum absolute atomic E-state index is 11.8. The zero-order chi connectivity index (χ0) is 11.6. The van der Waals surface area contributed by atoms with Crippen molar-refractivity contribution in [2.45, 2.75) is 17.2 Å². The molecule has 0 bridgehead atoms. The first-order valence-electron chi connectivity index (χ1n) is 4.00. The van der Waals surface area contributed by atoms with Gasteiger partial charge in [0.2, 0.25) is 9.84 Å². The average Bonchev–Trinajstić information content (AvgIpc) is 2.15. The van der Waals surface area contributed by atoms with Gasteiger partial charge < -0.3 is 0 Å². The van der Waals surface area contributed by atoms with E-state index in [1.165, 1.54) is 19.2 Å². The van der Waals surface area contributed by atoms with Crippen molar-refractivity contribution in [1.29, 1.82) is 0 Å². The lowest BCUT2D eigenvalue weighted by atomic mass is 10.5. The van der Waals surface area contributed by atoms with E-state index in [-0.39, 0.29) is 15.9 Å². The van der Waals surface area contributed by atoms with Gasteiger partial charge in [0.1, 0.15) is 0 Å². The summed E-state index contributed by atoms with van der Waals surface area (Å²) < 4.78 is 24.3. The molecule has 84 valence electrons. The number of sulfone groups is 1. The number of pyridine rings is 1. The zero-order valence-electron chi connectivity index (χ0n) is 7.75. The van der Waals surface area contributed by atoms with Gasteiger partial charge in [-0.3, -0.25) is 0 Å². The predicted octanol–water partition coefficient (Wildman–Crippen LogP) is 2.90. The van der Waals surface area contributed by atoms with Gasteiger partial charge in [-0.25, -0.2) is 13.4 Å². The van der Waals surface area contributed by atoms with Crippen molar-refractivity contribution in [3.8, 4) is 0 Å².